The van der Waals surface area contributed by atoms with Gasteiger partial charge in [-0.25, -0.2) is 0 Å². The van der Waals surface area contributed by atoms with E-state index in [1.807, 2.05) is 0 Å². The molecule has 1 unspecified atom stereocenters. The Morgan fingerprint density at radius 3 is 2.55 bits per heavy atom. The summed E-state index contributed by atoms with van der Waals surface area (Å²) in [6.07, 6.45) is 2.69. The molecule has 1 aliphatic carbocycles. The van der Waals surface area contributed by atoms with E-state index in [-0.39, 0.29) is 0 Å². The van der Waals surface area contributed by atoms with Crippen LogP contribution in [0.5, 0.6) is 0 Å². The monoisotopic (exact) mass is 338 g/mol. The van der Waals surface area contributed by atoms with Crippen molar-refractivity contribution in [1.29, 1.82) is 0 Å². The highest BCUT2D eigenvalue weighted by Crippen LogP contribution is 2.23. The van der Waals surface area contributed by atoms with Gasteiger partial charge in [-0.15, -0.1) is 0 Å². The number of halogens is 1. The van der Waals surface area contributed by atoms with Gasteiger partial charge in [-0.05, 0) is 49.9 Å². The zero-order valence-corrected chi connectivity index (χ0v) is 14.7. The lowest BCUT2D eigenvalue weighted by molar-refractivity contribution is 0.200. The third-order valence-electron chi connectivity index (χ3n) is 4.37. The van der Waals surface area contributed by atoms with Crippen molar-refractivity contribution in [2.75, 3.05) is 7.05 Å². The molecule has 1 N–H and O–H groups in total. The summed E-state index contributed by atoms with van der Waals surface area (Å²) < 4.78 is 1.23. The first kappa shape index (κ1) is 16.0. The molecular weight excluding hydrogens is 312 g/mol. The Morgan fingerprint density at radius 1 is 1.30 bits per heavy atom. The molecule has 0 aliphatic heterocycles. The summed E-state index contributed by atoms with van der Waals surface area (Å²) in [4.78, 5) is 2.42. The van der Waals surface area contributed by atoms with Crippen molar-refractivity contribution < 1.29 is 0 Å². The average molecular weight is 339 g/mol. The maximum absolute atomic E-state index is 3.73. The van der Waals surface area contributed by atoms with Crippen molar-refractivity contribution >= 4 is 15.9 Å². The van der Waals surface area contributed by atoms with Crippen molar-refractivity contribution in [2.24, 2.45) is 5.92 Å². The maximum Gasteiger partial charge on any atom is 0.0244 e. The van der Waals surface area contributed by atoms with Crippen LogP contribution < -0.4 is 5.32 Å². The normalized spacial score (nSPS) is 16.9. The van der Waals surface area contributed by atoms with Gasteiger partial charge in [-0.3, -0.25) is 4.90 Å². The molecule has 0 amide bonds. The minimum Gasteiger partial charge on any atom is -0.310 e. The largest absolute Gasteiger partial charge is 0.310 e. The lowest BCUT2D eigenvalue weighted by Gasteiger charge is -2.28. The maximum atomic E-state index is 3.73. The third-order valence-corrected chi connectivity index (χ3v) is 5.11. The van der Waals surface area contributed by atoms with Gasteiger partial charge < -0.3 is 5.32 Å². The zero-order valence-electron chi connectivity index (χ0n) is 13.1. The fourth-order valence-electron chi connectivity index (χ4n) is 2.30. The second-order valence-electron chi connectivity index (χ2n) is 6.48. The van der Waals surface area contributed by atoms with Crippen LogP contribution in [-0.2, 0) is 13.1 Å². The fraction of sp³-hybridized carbons (Fsp3) is 0.647. The Hall–Kier alpha value is -0.380. The molecule has 2 rings (SSSR count). The molecule has 0 spiro atoms. The minimum absolute atomic E-state index is 0.595. The molecule has 20 heavy (non-hydrogen) atoms. The fourth-order valence-corrected chi connectivity index (χ4v) is 2.85. The van der Waals surface area contributed by atoms with E-state index in [4.69, 9.17) is 0 Å². The van der Waals surface area contributed by atoms with E-state index >= 15 is 0 Å². The molecule has 1 aromatic carbocycles. The minimum atomic E-state index is 0.595. The highest BCUT2D eigenvalue weighted by atomic mass is 79.9. The predicted octanol–water partition coefficient (Wildman–Crippen LogP) is 4.18. The second kappa shape index (κ2) is 7.06. The van der Waals surface area contributed by atoms with Crippen LogP contribution >= 0.6 is 15.9 Å². The SMILES string of the molecule is CC(C)C(C)N(C)Cc1ccc(CNC2CC2)cc1Br. The quantitative estimate of drug-likeness (QED) is 0.802. The molecule has 0 saturated heterocycles. The van der Waals surface area contributed by atoms with Crippen LogP contribution in [0.15, 0.2) is 22.7 Å². The Balaban J connectivity index is 1.94. The van der Waals surface area contributed by atoms with Gasteiger partial charge in [0.1, 0.15) is 0 Å². The topological polar surface area (TPSA) is 15.3 Å². The van der Waals surface area contributed by atoms with Crippen molar-refractivity contribution in [2.45, 2.75) is 58.8 Å². The number of hydrogen-bond acceptors (Lipinski definition) is 2. The average Bonchev–Trinajstić information content (AvgIpc) is 3.22. The Labute approximate surface area is 132 Å². The van der Waals surface area contributed by atoms with Crippen molar-refractivity contribution in [3.05, 3.63) is 33.8 Å². The summed E-state index contributed by atoms with van der Waals surface area (Å²) in [5.41, 5.74) is 2.74. The molecule has 112 valence electrons. The van der Waals surface area contributed by atoms with Crippen molar-refractivity contribution in [3.63, 3.8) is 0 Å². The highest BCUT2D eigenvalue weighted by molar-refractivity contribution is 9.10. The van der Waals surface area contributed by atoms with E-state index < -0.39 is 0 Å². The summed E-state index contributed by atoms with van der Waals surface area (Å²) >= 11 is 3.73. The molecule has 1 saturated carbocycles. The smallest absolute Gasteiger partial charge is 0.0244 e. The molecule has 1 fully saturated rings. The molecule has 3 heteroatoms. The van der Waals surface area contributed by atoms with Gasteiger partial charge in [0.15, 0.2) is 0 Å². The first-order valence-electron chi connectivity index (χ1n) is 7.68. The first-order chi connectivity index (χ1) is 9.47. The number of benzene rings is 1. The zero-order chi connectivity index (χ0) is 14.7. The molecule has 0 radical (unpaired) electrons. The van der Waals surface area contributed by atoms with Gasteiger partial charge in [0, 0.05) is 29.6 Å². The van der Waals surface area contributed by atoms with Gasteiger partial charge in [0.25, 0.3) is 0 Å². The predicted molar refractivity (Wildman–Crippen MR) is 89.8 cm³/mol. The summed E-state index contributed by atoms with van der Waals surface area (Å²) in [6, 6.07) is 8.14. The first-order valence-corrected chi connectivity index (χ1v) is 8.47. The molecule has 1 aliphatic rings. The van der Waals surface area contributed by atoms with E-state index in [2.05, 4.69) is 72.2 Å². The number of nitrogens with one attached hydrogen (secondary N) is 1. The molecular formula is C17H27BrN2. The summed E-state index contributed by atoms with van der Waals surface area (Å²) in [5, 5.41) is 3.56. The molecule has 2 nitrogen and oxygen atoms in total. The Bertz CT molecular complexity index is 441. The molecule has 1 atom stereocenters. The summed E-state index contributed by atoms with van der Waals surface area (Å²) in [6.45, 7) is 8.84. The van der Waals surface area contributed by atoms with Crippen LogP contribution in [0.3, 0.4) is 0 Å². The molecule has 0 heterocycles. The lowest BCUT2D eigenvalue weighted by atomic mass is 10.0. The van der Waals surface area contributed by atoms with E-state index in [1.165, 1.54) is 28.4 Å². The van der Waals surface area contributed by atoms with Crippen LogP contribution in [0.1, 0.15) is 44.7 Å². The lowest BCUT2D eigenvalue weighted by Crippen LogP contribution is -2.32. The Kier molecular flexibility index (Phi) is 5.65. The summed E-state index contributed by atoms with van der Waals surface area (Å²) in [7, 11) is 2.21. The van der Waals surface area contributed by atoms with E-state index in [0.717, 1.165) is 19.1 Å². The van der Waals surface area contributed by atoms with Crippen molar-refractivity contribution in [3.8, 4) is 0 Å². The van der Waals surface area contributed by atoms with Gasteiger partial charge in [0.05, 0.1) is 0 Å². The van der Waals surface area contributed by atoms with Crippen LogP contribution in [0.4, 0.5) is 0 Å². The van der Waals surface area contributed by atoms with Gasteiger partial charge >= 0.3 is 0 Å². The number of rotatable bonds is 7. The highest BCUT2D eigenvalue weighted by Gasteiger charge is 2.20. The van der Waals surface area contributed by atoms with Crippen LogP contribution in [-0.4, -0.2) is 24.0 Å². The third kappa shape index (κ3) is 4.57. The van der Waals surface area contributed by atoms with Crippen molar-refractivity contribution in [1.82, 2.24) is 10.2 Å². The van der Waals surface area contributed by atoms with Crippen LogP contribution in [0.25, 0.3) is 0 Å². The van der Waals surface area contributed by atoms with Gasteiger partial charge in [-0.2, -0.15) is 0 Å². The summed E-state index contributed by atoms with van der Waals surface area (Å²) in [5.74, 6) is 0.681. The standard InChI is InChI=1S/C17H27BrN2/c1-12(2)13(3)20(4)11-15-6-5-14(9-17(15)18)10-19-16-7-8-16/h5-6,9,12-13,16,19H,7-8,10-11H2,1-4H3. The van der Waals surface area contributed by atoms with Gasteiger partial charge in [0.2, 0.25) is 0 Å². The molecule has 0 aromatic heterocycles. The van der Waals surface area contributed by atoms with E-state index in [1.54, 1.807) is 0 Å². The van der Waals surface area contributed by atoms with Crippen LogP contribution in [0.2, 0.25) is 0 Å². The molecule has 0 bridgehead atoms. The number of nitrogens with zero attached hydrogens (tertiary/aromatic N) is 1. The van der Waals surface area contributed by atoms with Gasteiger partial charge in [-0.1, -0.05) is 41.9 Å². The number of hydrogen-bond donors (Lipinski definition) is 1. The van der Waals surface area contributed by atoms with Crippen LogP contribution in [0, 0.1) is 5.92 Å². The Morgan fingerprint density at radius 2 is 2.00 bits per heavy atom. The van der Waals surface area contributed by atoms with E-state index in [9.17, 15) is 0 Å². The molecule has 1 aromatic rings. The van der Waals surface area contributed by atoms with E-state index in [0.29, 0.717) is 12.0 Å². The second-order valence-corrected chi connectivity index (χ2v) is 7.34.